The molecule has 4 N–H and O–H groups in total. The molecule has 0 aliphatic rings. The van der Waals surface area contributed by atoms with Crippen molar-refractivity contribution in [1.29, 1.82) is 0 Å². The first-order valence-corrected chi connectivity index (χ1v) is 4.44. The van der Waals surface area contributed by atoms with Crippen LogP contribution in [-0.4, -0.2) is 23.7 Å². The van der Waals surface area contributed by atoms with Crippen LogP contribution in [0.3, 0.4) is 0 Å². The average molecular weight is 312 g/mol. The normalized spacial score (nSPS) is 11.2. The summed E-state index contributed by atoms with van der Waals surface area (Å²) in [5.41, 5.74) is 5.40. The van der Waals surface area contributed by atoms with Crippen LogP contribution < -0.4 is 16.4 Å². The van der Waals surface area contributed by atoms with Gasteiger partial charge in [0, 0.05) is 0 Å². The van der Waals surface area contributed by atoms with Crippen molar-refractivity contribution in [2.75, 3.05) is 13.6 Å². The van der Waals surface area contributed by atoms with E-state index < -0.39 is 0 Å². The molecule has 0 aromatic rings. The molecule has 10 heavy (non-hydrogen) atoms. The third-order valence-electron chi connectivity index (χ3n) is 0.820. The molecular weight excluding hydrogens is 300 g/mol. The molecule has 0 radical (unpaired) electrons. The van der Waals surface area contributed by atoms with Crippen molar-refractivity contribution < 1.29 is 19.4 Å². The number of hydrogen-bond acceptors (Lipinski definition) is 2. The van der Waals surface area contributed by atoms with E-state index in [1.165, 1.54) is 19.4 Å². The van der Waals surface area contributed by atoms with E-state index in [4.69, 9.17) is 5.73 Å². The summed E-state index contributed by atoms with van der Waals surface area (Å²) in [6.07, 6.45) is 0. The fourth-order valence-electron chi connectivity index (χ4n) is 0.377. The quantitative estimate of drug-likeness (QED) is 0.451. The molecule has 0 saturated heterocycles. The Morgan fingerprint density at radius 2 is 2.30 bits per heavy atom. The number of aliphatic imine (C=N–C) groups is 1. The Bertz CT molecular complexity index is 143. The van der Waals surface area contributed by atoms with Gasteiger partial charge in [0.1, 0.15) is 0 Å². The fraction of sp³-hybridized carbons (Fsp3) is 0.600. The van der Waals surface area contributed by atoms with Gasteiger partial charge in [0.2, 0.25) is 0 Å². The van der Waals surface area contributed by atoms with Crippen molar-refractivity contribution in [3.8, 4) is 0 Å². The van der Waals surface area contributed by atoms with Gasteiger partial charge in [0.15, 0.2) is 0 Å². The van der Waals surface area contributed by atoms with E-state index in [0.717, 1.165) is 10.7 Å². The van der Waals surface area contributed by atoms with Crippen LogP contribution in [0.4, 0.5) is 0 Å². The first kappa shape index (κ1) is 9.79. The SMILES string of the molecule is CCN[C](=[W])NC(N)=NC. The van der Waals surface area contributed by atoms with Crippen molar-refractivity contribution in [3.05, 3.63) is 0 Å². The average Bonchev–Trinajstić information content (AvgIpc) is 1.88. The molecule has 0 heterocycles. The summed E-state index contributed by atoms with van der Waals surface area (Å²) in [4.78, 5) is 3.75. The molecule has 0 aliphatic heterocycles. The summed E-state index contributed by atoms with van der Waals surface area (Å²) < 4.78 is 1.01. The van der Waals surface area contributed by atoms with E-state index in [1.807, 2.05) is 6.92 Å². The molecule has 0 rings (SSSR count). The molecule has 0 atom stereocenters. The van der Waals surface area contributed by atoms with Gasteiger partial charge in [-0.05, 0) is 0 Å². The summed E-state index contributed by atoms with van der Waals surface area (Å²) in [5, 5.41) is 5.99. The summed E-state index contributed by atoms with van der Waals surface area (Å²) in [6.45, 7) is 2.94. The van der Waals surface area contributed by atoms with Crippen molar-refractivity contribution in [2.45, 2.75) is 6.92 Å². The van der Waals surface area contributed by atoms with Gasteiger partial charge < -0.3 is 0 Å². The van der Waals surface area contributed by atoms with E-state index in [0.29, 0.717) is 5.96 Å². The van der Waals surface area contributed by atoms with Gasteiger partial charge in [0.25, 0.3) is 0 Å². The Labute approximate surface area is 71.7 Å². The second kappa shape index (κ2) is 5.56. The molecule has 0 bridgehead atoms. The van der Waals surface area contributed by atoms with Gasteiger partial charge in [-0.15, -0.1) is 0 Å². The monoisotopic (exact) mass is 312 g/mol. The van der Waals surface area contributed by atoms with Crippen LogP contribution >= 0.6 is 0 Å². The number of nitrogens with one attached hydrogen (secondary N) is 2. The number of rotatable bonds is 3. The molecule has 0 aromatic carbocycles. The zero-order valence-corrected chi connectivity index (χ0v) is 9.07. The molecule has 0 saturated carbocycles. The van der Waals surface area contributed by atoms with E-state index in [2.05, 4.69) is 15.6 Å². The van der Waals surface area contributed by atoms with Crippen molar-refractivity contribution in [2.24, 2.45) is 10.7 Å². The zero-order chi connectivity index (χ0) is 7.98. The molecule has 0 aliphatic carbocycles. The molecule has 58 valence electrons. The molecule has 0 fully saturated rings. The Morgan fingerprint density at radius 1 is 1.70 bits per heavy atom. The van der Waals surface area contributed by atoms with Gasteiger partial charge in [0.05, 0.1) is 0 Å². The zero-order valence-electron chi connectivity index (χ0n) is 6.14. The molecule has 0 unspecified atom stereocenters. The summed E-state index contributed by atoms with van der Waals surface area (Å²) in [7, 11) is 1.65. The first-order chi connectivity index (χ1) is 4.70. The standard InChI is InChI=1S/C5H12N4.W/c1-3-8-4-9-5(6)7-2;/h8H,3H2,1-2H3,(H3,6,7,9);. The third-order valence-corrected chi connectivity index (χ3v) is 1.71. The van der Waals surface area contributed by atoms with Crippen molar-refractivity contribution in [1.82, 2.24) is 10.6 Å². The topological polar surface area (TPSA) is 62.4 Å². The number of hydrogen-bond donors (Lipinski definition) is 3. The molecule has 0 spiro atoms. The summed E-state index contributed by atoms with van der Waals surface area (Å²) in [6, 6.07) is 0. The first-order valence-electron chi connectivity index (χ1n) is 2.97. The summed E-state index contributed by atoms with van der Waals surface area (Å²) in [5.74, 6) is 0.450. The minimum atomic E-state index is 0.450. The second-order valence-electron chi connectivity index (χ2n) is 1.59. The van der Waals surface area contributed by atoms with E-state index in [1.54, 1.807) is 7.05 Å². The molecular formula is C5H12N4W. The van der Waals surface area contributed by atoms with Crippen LogP contribution in [0, 0.1) is 0 Å². The number of guanidine groups is 1. The van der Waals surface area contributed by atoms with E-state index in [9.17, 15) is 0 Å². The number of nitrogens with zero attached hydrogens (tertiary/aromatic N) is 1. The Morgan fingerprint density at radius 3 is 2.70 bits per heavy atom. The minimum absolute atomic E-state index is 0.450. The molecule has 5 heteroatoms. The van der Waals surface area contributed by atoms with E-state index >= 15 is 0 Å². The molecule has 0 amide bonds. The predicted molar refractivity (Wildman–Crippen MR) is 39.4 cm³/mol. The summed E-state index contributed by atoms with van der Waals surface area (Å²) >= 11 is 1.32. The van der Waals surface area contributed by atoms with Crippen LogP contribution in [0.1, 0.15) is 6.92 Å². The molecule has 4 nitrogen and oxygen atoms in total. The molecule has 0 aromatic heterocycles. The van der Waals surface area contributed by atoms with Crippen LogP contribution in [0.15, 0.2) is 4.99 Å². The van der Waals surface area contributed by atoms with Crippen LogP contribution in [-0.2, 0) is 19.4 Å². The van der Waals surface area contributed by atoms with Gasteiger partial charge in [-0.2, -0.15) is 0 Å². The fourth-order valence-corrected chi connectivity index (χ4v) is 1.27. The third kappa shape index (κ3) is 4.65. The van der Waals surface area contributed by atoms with Gasteiger partial charge in [-0.3, -0.25) is 0 Å². The van der Waals surface area contributed by atoms with E-state index in [-0.39, 0.29) is 0 Å². The Kier molecular flexibility index (Phi) is 5.45. The maximum atomic E-state index is 5.40. The van der Waals surface area contributed by atoms with Gasteiger partial charge in [-0.25, -0.2) is 0 Å². The maximum absolute atomic E-state index is 5.40. The van der Waals surface area contributed by atoms with Crippen molar-refractivity contribution >= 4 is 10.1 Å². The Balaban J connectivity index is 3.58. The predicted octanol–water partition coefficient (Wildman–Crippen LogP) is -1.24. The van der Waals surface area contributed by atoms with Crippen LogP contribution in [0.5, 0.6) is 0 Å². The van der Waals surface area contributed by atoms with Crippen molar-refractivity contribution in [3.63, 3.8) is 0 Å². The van der Waals surface area contributed by atoms with Gasteiger partial charge >= 0.3 is 71.3 Å². The van der Waals surface area contributed by atoms with Gasteiger partial charge in [-0.1, -0.05) is 0 Å². The Hall–Kier alpha value is -0.212. The van der Waals surface area contributed by atoms with Crippen LogP contribution in [0.2, 0.25) is 0 Å². The second-order valence-corrected chi connectivity index (χ2v) is 3.06. The number of nitrogens with two attached hydrogens (primary N) is 1. The van der Waals surface area contributed by atoms with Crippen LogP contribution in [0.25, 0.3) is 0 Å².